The molecule has 6 aromatic rings. The molecule has 0 unspecified atom stereocenters. The summed E-state index contributed by atoms with van der Waals surface area (Å²) >= 11 is 0. The fourth-order valence-electron chi connectivity index (χ4n) is 5.64. The van der Waals surface area contributed by atoms with Gasteiger partial charge in [-0.2, -0.15) is 0 Å². The van der Waals surface area contributed by atoms with Gasteiger partial charge in [0.1, 0.15) is 22.7 Å². The van der Waals surface area contributed by atoms with Gasteiger partial charge in [-0.15, -0.1) is 0 Å². The van der Waals surface area contributed by atoms with E-state index < -0.39 is 0 Å². The van der Waals surface area contributed by atoms with Gasteiger partial charge in [0.2, 0.25) is 0 Å². The molecule has 0 amide bonds. The van der Waals surface area contributed by atoms with E-state index in [1.54, 1.807) is 0 Å². The zero-order chi connectivity index (χ0) is 27.6. The molecule has 0 spiro atoms. The maximum Gasteiger partial charge on any atom is 0.135 e. The Morgan fingerprint density at radius 2 is 1.20 bits per heavy atom. The van der Waals surface area contributed by atoms with Crippen LogP contribution >= 0.6 is 0 Å². The van der Waals surface area contributed by atoms with Crippen LogP contribution in [0.3, 0.4) is 0 Å². The van der Waals surface area contributed by atoms with E-state index in [2.05, 4.69) is 107 Å². The fraction of sp³-hybridized carbons (Fsp3) is 0.158. The lowest BCUT2D eigenvalue weighted by atomic mass is 9.84. The van der Waals surface area contributed by atoms with Crippen LogP contribution in [0.1, 0.15) is 60.9 Å². The summed E-state index contributed by atoms with van der Waals surface area (Å²) in [7, 11) is 0. The average Bonchev–Trinajstić information content (AvgIpc) is 3.30. The van der Waals surface area contributed by atoms with E-state index >= 15 is 0 Å². The third kappa shape index (κ3) is 4.71. The third-order valence-corrected chi connectivity index (χ3v) is 7.95. The van der Waals surface area contributed by atoms with Crippen LogP contribution in [0, 0.1) is 6.92 Å². The maximum atomic E-state index is 6.31. The number of fused-ring (bicyclic) bond motifs is 5. The van der Waals surface area contributed by atoms with Crippen LogP contribution in [0.25, 0.3) is 33.1 Å². The number of benzene rings is 5. The van der Waals surface area contributed by atoms with Crippen LogP contribution in [-0.4, -0.2) is 0 Å². The molecule has 1 aromatic heterocycles. The first-order chi connectivity index (χ1) is 19.5. The summed E-state index contributed by atoms with van der Waals surface area (Å²) in [6.07, 6.45) is 1.12. The molecule has 198 valence electrons. The molecule has 0 N–H and O–H groups in total. The predicted octanol–water partition coefficient (Wildman–Crippen LogP) is 11.2. The standard InChI is InChI=1S/C25H24O.C13H10O/c1-4-17(2)19-11-5-6-13-21(19)25-18(3)20-12-7-9-15-23(20)26-24-16-10-8-14-22(24)25;1-9-6-7-13-11(8-9)10-4-2-3-5-12(10)14-13/h5-17H,4H2,1-3H3;2-8H,1H3/t17-;/m1./s1. The Morgan fingerprint density at radius 1 is 0.600 bits per heavy atom. The van der Waals surface area contributed by atoms with Crippen molar-refractivity contribution in [3.8, 4) is 11.5 Å². The number of rotatable bonds is 3. The minimum absolute atomic E-state index is 0.512. The van der Waals surface area contributed by atoms with Crippen molar-refractivity contribution in [3.05, 3.63) is 143 Å². The molecule has 1 aliphatic heterocycles. The first kappa shape index (κ1) is 25.7. The number of allylic oxidation sites excluding steroid dienone is 1. The van der Waals surface area contributed by atoms with Gasteiger partial charge in [-0.3, -0.25) is 0 Å². The number of ether oxygens (including phenoxy) is 1. The maximum absolute atomic E-state index is 6.31. The van der Waals surface area contributed by atoms with Crippen LogP contribution in [-0.2, 0) is 0 Å². The summed E-state index contributed by atoms with van der Waals surface area (Å²) in [5.74, 6) is 2.36. The van der Waals surface area contributed by atoms with Crippen molar-refractivity contribution in [1.82, 2.24) is 0 Å². The Morgan fingerprint density at radius 3 is 1.98 bits per heavy atom. The molecule has 0 saturated heterocycles. The van der Waals surface area contributed by atoms with Gasteiger partial charge in [0, 0.05) is 21.9 Å². The van der Waals surface area contributed by atoms with E-state index in [0.717, 1.165) is 40.2 Å². The zero-order valence-corrected chi connectivity index (χ0v) is 23.6. The average molecular weight is 523 g/mol. The number of para-hydroxylation sites is 3. The van der Waals surface area contributed by atoms with E-state index in [0.29, 0.717) is 5.92 Å². The first-order valence-corrected chi connectivity index (χ1v) is 14.1. The van der Waals surface area contributed by atoms with Crippen molar-refractivity contribution >= 4 is 33.1 Å². The lowest BCUT2D eigenvalue weighted by Gasteiger charge is -2.19. The number of aryl methyl sites for hydroxylation is 1. The Labute approximate surface area is 236 Å². The van der Waals surface area contributed by atoms with Crippen molar-refractivity contribution in [3.63, 3.8) is 0 Å². The molecule has 40 heavy (non-hydrogen) atoms. The number of furan rings is 1. The molecule has 2 heteroatoms. The quantitative estimate of drug-likeness (QED) is 0.231. The smallest absolute Gasteiger partial charge is 0.135 e. The van der Waals surface area contributed by atoms with Crippen molar-refractivity contribution in [2.75, 3.05) is 0 Å². The van der Waals surface area contributed by atoms with Gasteiger partial charge < -0.3 is 9.15 Å². The Balaban J connectivity index is 0.000000173. The highest BCUT2D eigenvalue weighted by atomic mass is 16.5. The Kier molecular flexibility index (Phi) is 7.00. The molecule has 1 atom stereocenters. The molecule has 2 nitrogen and oxygen atoms in total. The minimum atomic E-state index is 0.512. The van der Waals surface area contributed by atoms with Gasteiger partial charge in [0.25, 0.3) is 0 Å². The van der Waals surface area contributed by atoms with E-state index in [4.69, 9.17) is 9.15 Å². The molecule has 1 aliphatic rings. The molecule has 2 heterocycles. The molecule has 0 fully saturated rings. The van der Waals surface area contributed by atoms with Gasteiger partial charge in [-0.25, -0.2) is 0 Å². The number of hydrogen-bond donors (Lipinski definition) is 0. The van der Waals surface area contributed by atoms with Gasteiger partial charge in [-0.1, -0.05) is 104 Å². The summed E-state index contributed by atoms with van der Waals surface area (Å²) < 4.78 is 12.0. The van der Waals surface area contributed by atoms with Crippen molar-refractivity contribution in [2.24, 2.45) is 0 Å². The second kappa shape index (κ2) is 10.9. The Hall–Kier alpha value is -4.56. The van der Waals surface area contributed by atoms with Crippen LogP contribution < -0.4 is 4.74 Å². The SMILES string of the molecule is CC[C@@H](C)c1ccccc1C1=C(C)c2ccccc2Oc2ccccc21.Cc1ccc2oc3ccccc3c2c1. The summed E-state index contributed by atoms with van der Waals surface area (Å²) in [6.45, 7) is 8.87. The fourth-order valence-corrected chi connectivity index (χ4v) is 5.64. The normalized spacial score (nSPS) is 13.1. The van der Waals surface area contributed by atoms with Crippen molar-refractivity contribution in [1.29, 1.82) is 0 Å². The topological polar surface area (TPSA) is 22.4 Å². The molecule has 0 bridgehead atoms. The van der Waals surface area contributed by atoms with Gasteiger partial charge in [-0.05, 0) is 78.8 Å². The van der Waals surface area contributed by atoms with Gasteiger partial charge in [0.05, 0.1) is 0 Å². The highest BCUT2D eigenvalue weighted by Gasteiger charge is 2.23. The second-order valence-electron chi connectivity index (χ2n) is 10.6. The zero-order valence-electron chi connectivity index (χ0n) is 23.6. The highest BCUT2D eigenvalue weighted by Crippen LogP contribution is 2.46. The first-order valence-electron chi connectivity index (χ1n) is 14.1. The molecular formula is C38H34O2. The van der Waals surface area contributed by atoms with Gasteiger partial charge >= 0.3 is 0 Å². The van der Waals surface area contributed by atoms with E-state index in [9.17, 15) is 0 Å². The molecule has 0 saturated carbocycles. The summed E-state index contributed by atoms with van der Waals surface area (Å²) in [5.41, 5.74) is 10.8. The lowest BCUT2D eigenvalue weighted by Crippen LogP contribution is -2.00. The predicted molar refractivity (Wildman–Crippen MR) is 168 cm³/mol. The van der Waals surface area contributed by atoms with E-state index in [1.807, 2.05) is 36.4 Å². The highest BCUT2D eigenvalue weighted by molar-refractivity contribution is 6.05. The van der Waals surface area contributed by atoms with Crippen LogP contribution in [0.15, 0.2) is 120 Å². The minimum Gasteiger partial charge on any atom is -0.456 e. The molecule has 0 radical (unpaired) electrons. The van der Waals surface area contributed by atoms with Gasteiger partial charge in [0.15, 0.2) is 0 Å². The largest absolute Gasteiger partial charge is 0.456 e. The second-order valence-corrected chi connectivity index (χ2v) is 10.6. The molecular weight excluding hydrogens is 488 g/mol. The summed E-state index contributed by atoms with van der Waals surface area (Å²) in [6, 6.07) is 39.9. The Bertz CT molecular complexity index is 1850. The van der Waals surface area contributed by atoms with Crippen LogP contribution in [0.4, 0.5) is 0 Å². The number of hydrogen-bond acceptors (Lipinski definition) is 2. The molecule has 5 aromatic carbocycles. The third-order valence-electron chi connectivity index (χ3n) is 7.95. The molecule has 7 rings (SSSR count). The van der Waals surface area contributed by atoms with Crippen molar-refractivity contribution < 1.29 is 9.15 Å². The van der Waals surface area contributed by atoms with Crippen LogP contribution in [0.5, 0.6) is 11.5 Å². The monoisotopic (exact) mass is 522 g/mol. The lowest BCUT2D eigenvalue weighted by molar-refractivity contribution is 0.481. The molecule has 0 aliphatic carbocycles. The van der Waals surface area contributed by atoms with E-state index in [-0.39, 0.29) is 0 Å². The van der Waals surface area contributed by atoms with E-state index in [1.165, 1.54) is 38.6 Å². The summed E-state index contributed by atoms with van der Waals surface area (Å²) in [5, 5.41) is 2.41. The van der Waals surface area contributed by atoms with Crippen molar-refractivity contribution in [2.45, 2.75) is 40.0 Å². The van der Waals surface area contributed by atoms with Crippen LogP contribution in [0.2, 0.25) is 0 Å². The summed E-state index contributed by atoms with van der Waals surface area (Å²) in [4.78, 5) is 0.